The van der Waals surface area contributed by atoms with Crippen molar-refractivity contribution in [1.82, 2.24) is 33.8 Å². The highest BCUT2D eigenvalue weighted by Crippen LogP contribution is 2.42. The number of nitrogens with zero attached hydrogens (tertiary/aromatic N) is 7. The van der Waals surface area contributed by atoms with Crippen LogP contribution in [0.4, 0.5) is 4.79 Å². The lowest BCUT2D eigenvalue weighted by molar-refractivity contribution is 0.0203. The molecule has 0 radical (unpaired) electrons. The second-order valence-electron chi connectivity index (χ2n) is 21.0. The molecule has 4 aliphatic rings. The molecule has 2 aromatic heterocycles. The zero-order valence-electron chi connectivity index (χ0n) is 37.2. The number of hydrogen-bond donors (Lipinski definition) is 0. The lowest BCUT2D eigenvalue weighted by Crippen LogP contribution is -2.49. The van der Waals surface area contributed by atoms with Crippen molar-refractivity contribution < 1.29 is 28.6 Å². The summed E-state index contributed by atoms with van der Waals surface area (Å²) in [7, 11) is -2.47. The lowest BCUT2D eigenvalue weighted by atomic mass is 9.71. The van der Waals surface area contributed by atoms with Gasteiger partial charge in [0.05, 0.1) is 6.04 Å². The minimum absolute atomic E-state index is 0.0194. The van der Waals surface area contributed by atoms with Crippen molar-refractivity contribution in [3.05, 3.63) is 35.4 Å². The quantitative estimate of drug-likeness (QED) is 0.137. The van der Waals surface area contributed by atoms with E-state index in [1.54, 1.807) is 4.90 Å². The van der Waals surface area contributed by atoms with Gasteiger partial charge in [-0.05, 0) is 89.6 Å². The van der Waals surface area contributed by atoms with Gasteiger partial charge in [0, 0.05) is 80.4 Å². The summed E-state index contributed by atoms with van der Waals surface area (Å²) in [6.45, 7) is 25.1. The molecule has 2 aromatic rings. The van der Waals surface area contributed by atoms with Gasteiger partial charge in [-0.15, -0.1) is 0 Å². The molecule has 1 atom stereocenters. The molecule has 1 aliphatic carbocycles. The smallest absolute Gasteiger partial charge is 0.410 e. The number of hydrogen-bond acceptors (Lipinski definition) is 8. The summed E-state index contributed by atoms with van der Waals surface area (Å²) in [5.41, 5.74) is 0.440. The Labute approximate surface area is 349 Å². The van der Waals surface area contributed by atoms with E-state index in [2.05, 4.69) is 43.8 Å². The molecule has 3 aliphatic heterocycles. The molecule has 324 valence electrons. The SMILES string of the molecule is CC(C)(C)OC(=O)N1CCC[C@@H]1c1nc(C(=O)N2CCC3(CCN(C(=O)c4cn(COCC[Si](C)(C)C)c(C5CCCC5)n4)CC3)CC2)cn1COCC[Si](C)(C)C. The number of piperidine rings is 2. The topological polar surface area (TPSA) is 124 Å². The highest BCUT2D eigenvalue weighted by Gasteiger charge is 2.42. The highest BCUT2D eigenvalue weighted by molar-refractivity contribution is 6.76. The first-order chi connectivity index (χ1) is 27.3. The minimum atomic E-state index is -1.28. The fourth-order valence-corrected chi connectivity index (χ4v) is 10.4. The Bertz CT molecular complexity index is 1720. The van der Waals surface area contributed by atoms with Crippen LogP contribution in [0.5, 0.6) is 0 Å². The van der Waals surface area contributed by atoms with Crippen molar-refractivity contribution in [3.8, 4) is 0 Å². The molecule has 15 heteroatoms. The van der Waals surface area contributed by atoms with Gasteiger partial charge in [-0.2, -0.15) is 0 Å². The number of ether oxygens (including phenoxy) is 3. The predicted octanol–water partition coefficient (Wildman–Crippen LogP) is 8.59. The van der Waals surface area contributed by atoms with Crippen LogP contribution >= 0.6 is 0 Å². The molecular weight excluding hydrogens is 767 g/mol. The van der Waals surface area contributed by atoms with Gasteiger partial charge in [0.25, 0.3) is 11.8 Å². The second-order valence-corrected chi connectivity index (χ2v) is 32.2. The third-order valence-corrected chi connectivity index (χ3v) is 16.0. The molecule has 0 bridgehead atoms. The summed E-state index contributed by atoms with van der Waals surface area (Å²) in [6, 6.07) is 1.87. The van der Waals surface area contributed by atoms with Gasteiger partial charge in [0.1, 0.15) is 42.1 Å². The van der Waals surface area contributed by atoms with Gasteiger partial charge in [0.15, 0.2) is 0 Å². The van der Waals surface area contributed by atoms with Gasteiger partial charge in [-0.1, -0.05) is 52.1 Å². The molecule has 1 spiro atoms. The Morgan fingerprint density at radius 3 is 1.62 bits per heavy atom. The summed E-state index contributed by atoms with van der Waals surface area (Å²) < 4.78 is 22.1. The third kappa shape index (κ3) is 11.6. The van der Waals surface area contributed by atoms with Gasteiger partial charge in [0.2, 0.25) is 0 Å². The molecular formula is C43H73N7O6Si2. The van der Waals surface area contributed by atoms with Crippen LogP contribution in [-0.4, -0.2) is 119 Å². The fraction of sp³-hybridized carbons (Fsp3) is 0.791. The van der Waals surface area contributed by atoms with E-state index >= 15 is 0 Å². The van der Waals surface area contributed by atoms with Crippen molar-refractivity contribution in [2.24, 2.45) is 5.41 Å². The molecule has 6 rings (SSSR count). The summed E-state index contributed by atoms with van der Waals surface area (Å²) >= 11 is 0. The normalized spacial score (nSPS) is 20.7. The van der Waals surface area contributed by atoms with Crippen molar-refractivity contribution in [2.45, 2.75) is 167 Å². The number of likely N-dealkylation sites (tertiary alicyclic amines) is 3. The highest BCUT2D eigenvalue weighted by atomic mass is 28.3. The van der Waals surface area contributed by atoms with E-state index in [0.29, 0.717) is 69.2 Å². The molecule has 3 amide bonds. The molecule has 4 fully saturated rings. The monoisotopic (exact) mass is 840 g/mol. The van der Waals surface area contributed by atoms with Crippen LogP contribution in [0.3, 0.4) is 0 Å². The Kier molecular flexibility index (Phi) is 14.1. The molecule has 5 heterocycles. The zero-order valence-corrected chi connectivity index (χ0v) is 39.2. The van der Waals surface area contributed by atoms with Crippen molar-refractivity contribution in [3.63, 3.8) is 0 Å². The van der Waals surface area contributed by atoms with Gasteiger partial charge in [-0.3, -0.25) is 14.5 Å². The van der Waals surface area contributed by atoms with Gasteiger partial charge in [-0.25, -0.2) is 14.8 Å². The van der Waals surface area contributed by atoms with Crippen LogP contribution in [0.1, 0.15) is 130 Å². The van der Waals surface area contributed by atoms with E-state index < -0.39 is 21.7 Å². The van der Waals surface area contributed by atoms with Crippen LogP contribution < -0.4 is 0 Å². The average Bonchev–Trinajstić information content (AvgIpc) is 3.97. The molecule has 0 unspecified atom stereocenters. The number of carbonyl (C=O) groups excluding carboxylic acids is 3. The standard InChI is InChI=1S/C43H73N7O6Si2/c1-42(2,3)56-41(53)50-20-12-15-36(50)38-45-35(30-49(38)32-55-26-28-58(7,8)9)40(52)47-23-18-43(19-24-47)16-21-46(22-17-43)39(51)34-29-48(31-54-25-27-57(4,5)6)37(44-34)33-13-10-11-14-33/h29-30,33,36H,10-28,31-32H2,1-9H3/t36-/m1/s1. The van der Waals surface area contributed by atoms with E-state index in [4.69, 9.17) is 24.2 Å². The first-order valence-corrected chi connectivity index (χ1v) is 29.6. The summed E-state index contributed by atoms with van der Waals surface area (Å²) in [4.78, 5) is 56.9. The Balaban J connectivity index is 1.07. The van der Waals surface area contributed by atoms with Crippen LogP contribution in [0.15, 0.2) is 12.4 Å². The first kappa shape index (κ1) is 44.5. The first-order valence-electron chi connectivity index (χ1n) is 22.2. The summed E-state index contributed by atoms with van der Waals surface area (Å²) in [5, 5.41) is 0. The summed E-state index contributed by atoms with van der Waals surface area (Å²) in [6.07, 6.45) is 13.3. The minimum Gasteiger partial charge on any atom is -0.444 e. The van der Waals surface area contributed by atoms with Crippen molar-refractivity contribution in [1.29, 1.82) is 0 Å². The van der Waals surface area contributed by atoms with E-state index in [0.717, 1.165) is 75.9 Å². The van der Waals surface area contributed by atoms with Crippen molar-refractivity contribution >= 4 is 34.1 Å². The van der Waals surface area contributed by atoms with Gasteiger partial charge < -0.3 is 33.1 Å². The summed E-state index contributed by atoms with van der Waals surface area (Å²) in [5.74, 6) is 2.02. The van der Waals surface area contributed by atoms with E-state index in [-0.39, 0.29) is 36.1 Å². The average molecular weight is 840 g/mol. The molecule has 0 aromatic carbocycles. The number of amides is 3. The van der Waals surface area contributed by atoms with E-state index in [9.17, 15) is 14.4 Å². The number of rotatable bonds is 14. The maximum atomic E-state index is 14.1. The maximum absolute atomic E-state index is 14.1. The lowest BCUT2D eigenvalue weighted by Gasteiger charge is -2.46. The van der Waals surface area contributed by atoms with Crippen LogP contribution in [0.25, 0.3) is 0 Å². The third-order valence-electron chi connectivity index (χ3n) is 12.6. The molecule has 1 saturated carbocycles. The largest absolute Gasteiger partial charge is 0.444 e. The van der Waals surface area contributed by atoms with Crippen LogP contribution in [-0.2, 0) is 27.7 Å². The van der Waals surface area contributed by atoms with Gasteiger partial charge >= 0.3 is 6.09 Å². The van der Waals surface area contributed by atoms with Crippen LogP contribution in [0, 0.1) is 5.41 Å². The predicted molar refractivity (Wildman–Crippen MR) is 231 cm³/mol. The molecule has 0 N–H and O–H groups in total. The maximum Gasteiger partial charge on any atom is 0.410 e. The van der Waals surface area contributed by atoms with E-state index in [1.165, 1.54) is 12.8 Å². The zero-order chi connectivity index (χ0) is 41.9. The van der Waals surface area contributed by atoms with Crippen molar-refractivity contribution in [2.75, 3.05) is 45.9 Å². The Hall–Kier alpha value is -3.02. The number of carbonyl (C=O) groups is 3. The Morgan fingerprint density at radius 2 is 1.16 bits per heavy atom. The Morgan fingerprint density at radius 1 is 0.690 bits per heavy atom. The fourth-order valence-electron chi connectivity index (χ4n) is 8.90. The second kappa shape index (κ2) is 18.3. The molecule has 13 nitrogen and oxygen atoms in total. The molecule has 58 heavy (non-hydrogen) atoms. The molecule has 3 saturated heterocycles. The number of imidazole rings is 2. The number of aromatic nitrogens is 4. The van der Waals surface area contributed by atoms with Crippen LogP contribution in [0.2, 0.25) is 51.4 Å². The van der Waals surface area contributed by atoms with E-state index in [1.807, 2.05) is 47.5 Å².